The zero-order chi connectivity index (χ0) is 8.97. The normalized spacial score (nSPS) is 11.7. The van der Waals surface area contributed by atoms with Gasteiger partial charge in [-0.2, -0.15) is 0 Å². The monoisotopic (exact) mass is 256 g/mol. The van der Waals surface area contributed by atoms with Gasteiger partial charge in [0.15, 0.2) is 0 Å². The Morgan fingerprint density at radius 2 is 2.07 bits per heavy atom. The van der Waals surface area contributed by atoms with Crippen molar-refractivity contribution in [2.75, 3.05) is 20.6 Å². The maximum Gasteiger partial charge on any atom is 0.0401 e. The molecule has 0 spiro atoms. The molecule has 5 heteroatoms. The van der Waals surface area contributed by atoms with Crippen LogP contribution in [0.2, 0.25) is 0 Å². The molecule has 1 aromatic heterocycles. The molecule has 14 heavy (non-hydrogen) atoms. The van der Waals surface area contributed by atoms with E-state index in [-0.39, 0.29) is 30.9 Å². The summed E-state index contributed by atoms with van der Waals surface area (Å²) in [6.45, 7) is 1.05. The molecule has 0 amide bonds. The van der Waals surface area contributed by atoms with Crippen molar-refractivity contribution in [1.82, 2.24) is 4.90 Å². The Bertz CT molecular complexity index is 215. The van der Waals surface area contributed by atoms with Gasteiger partial charge in [-0.1, -0.05) is 6.07 Å². The zero-order valence-corrected chi connectivity index (χ0v) is 10.9. The van der Waals surface area contributed by atoms with E-state index in [1.54, 1.807) is 11.3 Å². The van der Waals surface area contributed by atoms with Crippen LogP contribution in [0.4, 0.5) is 0 Å². The van der Waals surface area contributed by atoms with E-state index < -0.39 is 0 Å². The average molecular weight is 257 g/mol. The number of thiophene rings is 1. The third-order valence-corrected chi connectivity index (χ3v) is 2.80. The first-order valence-corrected chi connectivity index (χ1v) is 5.02. The number of hydrogen-bond acceptors (Lipinski definition) is 3. The lowest BCUT2D eigenvalue weighted by molar-refractivity contribution is 0.384. The summed E-state index contributed by atoms with van der Waals surface area (Å²) in [6, 6.07) is 4.37. The Hall–Kier alpha value is 0.200. The summed E-state index contributed by atoms with van der Waals surface area (Å²) in [4.78, 5) is 3.45. The van der Waals surface area contributed by atoms with Gasteiger partial charge in [0.2, 0.25) is 0 Å². The third kappa shape index (κ3) is 5.83. The van der Waals surface area contributed by atoms with Gasteiger partial charge in [0.25, 0.3) is 0 Å². The number of hydrogen-bond donors (Lipinski definition) is 1. The summed E-state index contributed by atoms with van der Waals surface area (Å²) in [5, 5.41) is 2.07. The minimum atomic E-state index is 0. The Labute approximate surface area is 102 Å². The van der Waals surface area contributed by atoms with Crippen molar-refractivity contribution >= 4 is 36.2 Å². The Morgan fingerprint density at radius 3 is 2.50 bits per heavy atom. The van der Waals surface area contributed by atoms with Crippen LogP contribution in [0.25, 0.3) is 0 Å². The van der Waals surface area contributed by atoms with Gasteiger partial charge in [0.1, 0.15) is 0 Å². The minimum Gasteiger partial charge on any atom is -0.323 e. The number of nitrogens with two attached hydrogens (primary N) is 1. The van der Waals surface area contributed by atoms with Crippen molar-refractivity contribution in [2.45, 2.75) is 12.5 Å². The maximum absolute atomic E-state index is 5.97. The van der Waals surface area contributed by atoms with E-state index in [1.807, 2.05) is 0 Å². The number of halogens is 2. The topological polar surface area (TPSA) is 29.3 Å². The average Bonchev–Trinajstić information content (AvgIpc) is 2.51. The van der Waals surface area contributed by atoms with Gasteiger partial charge in [-0.15, -0.1) is 36.2 Å². The largest absolute Gasteiger partial charge is 0.323 e. The first-order chi connectivity index (χ1) is 5.70. The van der Waals surface area contributed by atoms with Crippen LogP contribution < -0.4 is 5.73 Å². The molecule has 1 rings (SSSR count). The fourth-order valence-corrected chi connectivity index (χ4v) is 1.81. The third-order valence-electron chi connectivity index (χ3n) is 1.80. The first kappa shape index (κ1) is 16.6. The number of nitrogens with zero attached hydrogens (tertiary/aromatic N) is 1. The molecule has 2 N–H and O–H groups in total. The molecular formula is C9H18Cl2N2S. The predicted molar refractivity (Wildman–Crippen MR) is 68.9 cm³/mol. The van der Waals surface area contributed by atoms with Gasteiger partial charge in [0.05, 0.1) is 0 Å². The van der Waals surface area contributed by atoms with Gasteiger partial charge >= 0.3 is 0 Å². The van der Waals surface area contributed by atoms with Crippen LogP contribution in [-0.2, 0) is 0 Å². The molecule has 0 unspecified atom stereocenters. The van der Waals surface area contributed by atoms with E-state index in [9.17, 15) is 0 Å². The maximum atomic E-state index is 5.97. The SMILES string of the molecule is CN(C)CC[C@@H](N)c1cccs1.Cl.Cl. The number of rotatable bonds is 4. The van der Waals surface area contributed by atoms with Crippen molar-refractivity contribution in [1.29, 1.82) is 0 Å². The van der Waals surface area contributed by atoms with Crippen LogP contribution >= 0.6 is 36.2 Å². The Morgan fingerprint density at radius 1 is 1.43 bits per heavy atom. The molecule has 2 nitrogen and oxygen atoms in total. The van der Waals surface area contributed by atoms with Crippen molar-refractivity contribution < 1.29 is 0 Å². The molecule has 0 saturated carbocycles. The predicted octanol–water partition coefficient (Wildman–Crippen LogP) is 2.54. The molecule has 0 aromatic carbocycles. The van der Waals surface area contributed by atoms with Crippen molar-refractivity contribution in [3.63, 3.8) is 0 Å². The summed E-state index contributed by atoms with van der Waals surface area (Å²) in [5.74, 6) is 0. The smallest absolute Gasteiger partial charge is 0.0401 e. The molecule has 84 valence electrons. The molecule has 0 saturated heterocycles. The van der Waals surface area contributed by atoms with Gasteiger partial charge in [-0.3, -0.25) is 0 Å². The lowest BCUT2D eigenvalue weighted by Gasteiger charge is -2.13. The lowest BCUT2D eigenvalue weighted by Crippen LogP contribution is -2.19. The lowest BCUT2D eigenvalue weighted by atomic mass is 10.2. The Balaban J connectivity index is 0. The summed E-state index contributed by atoms with van der Waals surface area (Å²) in [6.07, 6.45) is 1.04. The van der Waals surface area contributed by atoms with Gasteiger partial charge in [0, 0.05) is 10.9 Å². The molecule has 0 fully saturated rings. The molecule has 1 heterocycles. The summed E-state index contributed by atoms with van der Waals surface area (Å²) in [7, 11) is 4.14. The van der Waals surface area contributed by atoms with Crippen LogP contribution in [0.3, 0.4) is 0 Å². The molecule has 0 bridgehead atoms. The zero-order valence-electron chi connectivity index (χ0n) is 8.47. The van der Waals surface area contributed by atoms with E-state index in [1.165, 1.54) is 4.88 Å². The van der Waals surface area contributed by atoms with E-state index in [2.05, 4.69) is 36.5 Å². The van der Waals surface area contributed by atoms with Gasteiger partial charge in [-0.05, 0) is 38.5 Å². The summed E-state index contributed by atoms with van der Waals surface area (Å²) < 4.78 is 0. The van der Waals surface area contributed by atoms with Gasteiger partial charge < -0.3 is 10.6 Å². The van der Waals surface area contributed by atoms with Crippen LogP contribution in [0.1, 0.15) is 17.3 Å². The second-order valence-corrected chi connectivity index (χ2v) is 4.19. The second kappa shape index (κ2) is 8.50. The highest BCUT2D eigenvalue weighted by atomic mass is 35.5. The highest BCUT2D eigenvalue weighted by molar-refractivity contribution is 7.10. The molecule has 0 radical (unpaired) electrons. The van der Waals surface area contributed by atoms with Crippen molar-refractivity contribution in [3.05, 3.63) is 22.4 Å². The molecule has 0 aliphatic rings. The van der Waals surface area contributed by atoms with Crippen LogP contribution in [-0.4, -0.2) is 25.5 Å². The minimum absolute atomic E-state index is 0. The van der Waals surface area contributed by atoms with Crippen LogP contribution in [0.15, 0.2) is 17.5 Å². The standard InChI is InChI=1S/C9H16N2S.2ClH/c1-11(2)6-5-8(10)9-4-3-7-12-9;;/h3-4,7-8H,5-6,10H2,1-2H3;2*1H/t8-;;/m1../s1. The molecule has 1 atom stereocenters. The van der Waals surface area contributed by atoms with Crippen molar-refractivity contribution in [2.24, 2.45) is 5.73 Å². The van der Waals surface area contributed by atoms with E-state index in [0.29, 0.717) is 0 Å². The second-order valence-electron chi connectivity index (χ2n) is 3.21. The van der Waals surface area contributed by atoms with Crippen LogP contribution in [0.5, 0.6) is 0 Å². The van der Waals surface area contributed by atoms with E-state index in [4.69, 9.17) is 5.73 Å². The Kier molecular flexibility index (Phi) is 10.1. The molecule has 1 aromatic rings. The van der Waals surface area contributed by atoms with Gasteiger partial charge in [-0.25, -0.2) is 0 Å². The fraction of sp³-hybridized carbons (Fsp3) is 0.556. The highest BCUT2D eigenvalue weighted by Crippen LogP contribution is 2.19. The molecule has 0 aliphatic carbocycles. The first-order valence-electron chi connectivity index (χ1n) is 4.14. The summed E-state index contributed by atoms with van der Waals surface area (Å²) >= 11 is 1.74. The fourth-order valence-electron chi connectivity index (χ4n) is 1.04. The summed E-state index contributed by atoms with van der Waals surface area (Å²) in [5.41, 5.74) is 5.97. The van der Waals surface area contributed by atoms with Crippen molar-refractivity contribution in [3.8, 4) is 0 Å². The van der Waals surface area contributed by atoms with E-state index >= 15 is 0 Å². The van der Waals surface area contributed by atoms with E-state index in [0.717, 1.165) is 13.0 Å². The quantitative estimate of drug-likeness (QED) is 0.898. The molecule has 0 aliphatic heterocycles. The highest BCUT2D eigenvalue weighted by Gasteiger charge is 2.06. The molecular weight excluding hydrogens is 239 g/mol. The van der Waals surface area contributed by atoms with Crippen LogP contribution in [0, 0.1) is 0 Å².